The Labute approximate surface area is 364 Å². The van der Waals surface area contributed by atoms with Crippen molar-refractivity contribution in [3.63, 3.8) is 0 Å². The van der Waals surface area contributed by atoms with Crippen LogP contribution in [0.1, 0.15) is 167 Å². The molecule has 60 heavy (non-hydrogen) atoms. The van der Waals surface area contributed by atoms with Crippen molar-refractivity contribution in [2.75, 3.05) is 48.5 Å². The Morgan fingerprint density at radius 2 is 1.08 bits per heavy atom. The third-order valence-corrected chi connectivity index (χ3v) is 11.7. The highest BCUT2D eigenvalue weighted by Gasteiger charge is 2.36. The van der Waals surface area contributed by atoms with E-state index in [2.05, 4.69) is 19.1 Å². The van der Waals surface area contributed by atoms with Crippen molar-refractivity contribution in [2.45, 2.75) is 211 Å². The second-order valence-corrected chi connectivity index (χ2v) is 16.8. The van der Waals surface area contributed by atoms with Gasteiger partial charge in [0.2, 0.25) is 0 Å². The fraction of sp³-hybridized carbons (Fsp3) is 0.816. The number of unbranched alkanes of at least 4 members (excludes halogenated alkanes) is 12. The van der Waals surface area contributed by atoms with E-state index in [9.17, 15) is 4.79 Å². The van der Waals surface area contributed by atoms with Crippen LogP contribution in [0.25, 0.3) is 0 Å². The first kappa shape index (κ1) is 52.4. The molecule has 346 valence electrons. The van der Waals surface area contributed by atoms with Crippen molar-refractivity contribution in [1.29, 1.82) is 0 Å². The lowest BCUT2D eigenvalue weighted by Gasteiger charge is -2.27. The molecule has 0 aliphatic carbocycles. The first-order valence-corrected chi connectivity index (χ1v) is 23.6. The lowest BCUT2D eigenvalue weighted by Crippen LogP contribution is -2.34. The summed E-state index contributed by atoms with van der Waals surface area (Å²) in [4.78, 5) is 12.2. The molecule has 11 heteroatoms. The van der Waals surface area contributed by atoms with Crippen LogP contribution in [0.15, 0.2) is 42.0 Å². The van der Waals surface area contributed by atoms with E-state index in [1.807, 2.05) is 31.2 Å². The minimum Gasteiger partial charge on any atom is -0.455 e. The van der Waals surface area contributed by atoms with E-state index in [1.54, 1.807) is 21.3 Å². The molecule has 0 radical (unpaired) electrons. The molecule has 11 nitrogen and oxygen atoms in total. The van der Waals surface area contributed by atoms with Gasteiger partial charge in [0.05, 0.1) is 43.2 Å². The van der Waals surface area contributed by atoms with Gasteiger partial charge in [0.25, 0.3) is 0 Å². The second kappa shape index (κ2) is 34.5. The molecule has 7 atom stereocenters. The number of cyclic esters (lactones) is 1. The number of carbonyl (C=O) groups is 1. The maximum absolute atomic E-state index is 12.2. The van der Waals surface area contributed by atoms with Gasteiger partial charge in [0.1, 0.15) is 33.3 Å². The molecule has 3 rings (SSSR count). The summed E-state index contributed by atoms with van der Waals surface area (Å²) < 4.78 is 58.6. The molecule has 1 unspecified atom stereocenters. The quantitative estimate of drug-likeness (QED) is 0.0358. The Bertz CT molecular complexity index is 1200. The van der Waals surface area contributed by atoms with E-state index in [4.69, 9.17) is 47.4 Å². The second-order valence-electron chi connectivity index (χ2n) is 16.8. The molecular weight excluding hydrogens is 765 g/mol. The molecule has 1 fully saturated rings. The Kier molecular flexibility index (Phi) is 30.2. The molecule has 1 saturated heterocycles. The molecule has 0 bridgehead atoms. The number of benzene rings is 1. The average Bonchev–Trinajstić information content (AvgIpc) is 3.87. The van der Waals surface area contributed by atoms with Crippen molar-refractivity contribution in [3.8, 4) is 0 Å². The third-order valence-electron chi connectivity index (χ3n) is 11.7. The van der Waals surface area contributed by atoms with Crippen molar-refractivity contribution in [1.82, 2.24) is 0 Å². The molecule has 0 N–H and O–H groups in total. The van der Waals surface area contributed by atoms with E-state index in [0.717, 1.165) is 89.0 Å². The molecule has 1 aromatic rings. The predicted octanol–water partition coefficient (Wildman–Crippen LogP) is 11.1. The van der Waals surface area contributed by atoms with Crippen LogP contribution in [0.3, 0.4) is 0 Å². The van der Waals surface area contributed by atoms with E-state index < -0.39 is 0 Å². The van der Waals surface area contributed by atoms with Crippen molar-refractivity contribution in [2.24, 2.45) is 0 Å². The molecule has 0 spiro atoms. The summed E-state index contributed by atoms with van der Waals surface area (Å²) in [5, 5.41) is 0. The fourth-order valence-electron chi connectivity index (χ4n) is 8.40. The minimum absolute atomic E-state index is 0.00656. The Balaban J connectivity index is 1.46. The van der Waals surface area contributed by atoms with E-state index in [0.29, 0.717) is 18.6 Å². The maximum atomic E-state index is 12.2. The molecule has 0 amide bonds. The topological polar surface area (TPSA) is 109 Å². The number of ether oxygens (including phenoxy) is 10. The Morgan fingerprint density at radius 1 is 0.600 bits per heavy atom. The molecule has 0 aromatic heterocycles. The SMILES string of the molecule is CCCCCCCCCCCC[C@@H](OCOC)[C@@H]1CC[C@@H]([C@@H](CCCCC(CCCCC[C@H](CC2=C[C@H](C)OC2=O)OCOC)OCOC)OCOCc2ccccc2)O1. The van der Waals surface area contributed by atoms with Gasteiger partial charge in [0, 0.05) is 33.3 Å². The summed E-state index contributed by atoms with van der Waals surface area (Å²) in [5.41, 5.74) is 1.83. The molecule has 1 aromatic carbocycles. The number of hydrogen-bond acceptors (Lipinski definition) is 11. The van der Waals surface area contributed by atoms with Crippen LogP contribution in [0.2, 0.25) is 0 Å². The van der Waals surface area contributed by atoms with Crippen LogP contribution >= 0.6 is 0 Å². The first-order valence-electron chi connectivity index (χ1n) is 23.6. The standard InChI is InChI=1S/C49H84O11/c1-6-7-8-9-10-11-12-13-14-21-29-45(57-38-53-5)47-31-32-48(60-47)46(58-39-54-35-41-24-17-15-18-25-41)30-23-22-27-43(55-36-51-3)26-19-16-20-28-44(56-37-52-4)34-42-33-40(2)59-49(42)50/h15,17-18,24-25,33,40,43-48H,6-14,16,19-23,26-32,34-39H2,1-5H3/t40-,43?,44+,45+,46+,47-,48-/m0/s1. The highest BCUT2D eigenvalue weighted by atomic mass is 16.7. The zero-order valence-corrected chi connectivity index (χ0v) is 38.3. The van der Waals surface area contributed by atoms with Gasteiger partial charge >= 0.3 is 5.97 Å². The van der Waals surface area contributed by atoms with Crippen molar-refractivity contribution in [3.05, 3.63) is 47.5 Å². The summed E-state index contributed by atoms with van der Waals surface area (Å²) in [6, 6.07) is 10.2. The minimum atomic E-state index is -0.239. The number of carbonyl (C=O) groups excluding carboxylic acids is 1. The lowest BCUT2D eigenvalue weighted by molar-refractivity contribution is -0.165. The summed E-state index contributed by atoms with van der Waals surface area (Å²) in [5.74, 6) is -0.239. The van der Waals surface area contributed by atoms with Gasteiger partial charge in [-0.25, -0.2) is 4.79 Å². The van der Waals surface area contributed by atoms with Gasteiger partial charge in [-0.2, -0.15) is 0 Å². The van der Waals surface area contributed by atoms with Crippen LogP contribution in [-0.2, 0) is 58.8 Å². The van der Waals surface area contributed by atoms with Crippen LogP contribution in [0.4, 0.5) is 0 Å². The van der Waals surface area contributed by atoms with Crippen molar-refractivity contribution < 1.29 is 52.2 Å². The predicted molar refractivity (Wildman–Crippen MR) is 235 cm³/mol. The number of esters is 1. The Morgan fingerprint density at radius 3 is 1.67 bits per heavy atom. The highest BCUT2D eigenvalue weighted by Crippen LogP contribution is 2.32. The van der Waals surface area contributed by atoms with E-state index in [1.165, 1.54) is 57.8 Å². The van der Waals surface area contributed by atoms with Gasteiger partial charge in [-0.15, -0.1) is 0 Å². The molecule has 2 aliphatic rings. The number of rotatable bonds is 40. The number of hydrogen-bond donors (Lipinski definition) is 0. The third kappa shape index (κ3) is 23.5. The largest absolute Gasteiger partial charge is 0.455 e. The molecular formula is C49H84O11. The molecule has 0 saturated carbocycles. The molecule has 2 aliphatic heterocycles. The van der Waals surface area contributed by atoms with Gasteiger partial charge in [-0.1, -0.05) is 134 Å². The zero-order chi connectivity index (χ0) is 42.9. The van der Waals surface area contributed by atoms with Gasteiger partial charge in [-0.05, 0) is 63.5 Å². The van der Waals surface area contributed by atoms with Crippen LogP contribution < -0.4 is 0 Å². The van der Waals surface area contributed by atoms with Gasteiger partial charge < -0.3 is 47.4 Å². The highest BCUT2D eigenvalue weighted by molar-refractivity contribution is 5.90. The Hall–Kier alpha value is -1.93. The van der Waals surface area contributed by atoms with Crippen LogP contribution in [0, 0.1) is 0 Å². The summed E-state index contributed by atoms with van der Waals surface area (Å²) in [6.45, 7) is 5.67. The molecule has 2 heterocycles. The lowest BCUT2D eigenvalue weighted by atomic mass is 9.98. The summed E-state index contributed by atoms with van der Waals surface area (Å²) >= 11 is 0. The summed E-state index contributed by atoms with van der Waals surface area (Å²) in [7, 11) is 4.98. The first-order chi connectivity index (χ1) is 29.5. The number of methoxy groups -OCH3 is 3. The van der Waals surface area contributed by atoms with E-state index >= 15 is 0 Å². The van der Waals surface area contributed by atoms with Crippen molar-refractivity contribution >= 4 is 5.97 Å². The van der Waals surface area contributed by atoms with Crippen LogP contribution in [-0.4, -0.2) is 97.2 Å². The summed E-state index contributed by atoms with van der Waals surface area (Å²) in [6.07, 6.45) is 27.1. The smallest absolute Gasteiger partial charge is 0.334 e. The van der Waals surface area contributed by atoms with Gasteiger partial charge in [-0.3, -0.25) is 0 Å². The zero-order valence-electron chi connectivity index (χ0n) is 38.3. The average molecular weight is 849 g/mol. The van der Waals surface area contributed by atoms with E-state index in [-0.39, 0.29) is 75.9 Å². The van der Waals surface area contributed by atoms with Gasteiger partial charge in [0.15, 0.2) is 0 Å². The maximum Gasteiger partial charge on any atom is 0.334 e. The normalized spacial score (nSPS) is 20.0. The monoisotopic (exact) mass is 849 g/mol. The fourth-order valence-corrected chi connectivity index (χ4v) is 8.40. The van der Waals surface area contributed by atoms with Crippen LogP contribution in [0.5, 0.6) is 0 Å².